The van der Waals surface area contributed by atoms with E-state index in [4.69, 9.17) is 0 Å². The van der Waals surface area contributed by atoms with Crippen LogP contribution in [-0.4, -0.2) is 0 Å². The van der Waals surface area contributed by atoms with Gasteiger partial charge in [-0.1, -0.05) is 81.6 Å². The molecule has 0 aliphatic heterocycles. The summed E-state index contributed by atoms with van der Waals surface area (Å²) >= 11 is 0. The largest absolute Gasteiger partial charge is 0.0599 e. The molecule has 7 aliphatic carbocycles. The van der Waals surface area contributed by atoms with Crippen LogP contribution in [0.2, 0.25) is 0 Å². The Labute approximate surface area is 256 Å². The van der Waals surface area contributed by atoms with Crippen molar-refractivity contribution in [2.45, 2.75) is 159 Å². The normalized spacial score (nSPS) is 51.9. The summed E-state index contributed by atoms with van der Waals surface area (Å²) in [6, 6.07) is 0. The predicted molar refractivity (Wildman–Crippen MR) is 175 cm³/mol. The maximum Gasteiger partial charge on any atom is -0.0230 e. The second-order valence-corrected chi connectivity index (χ2v) is 21.1. The molecule has 1 spiro atoms. The zero-order chi connectivity index (χ0) is 29.1. The molecule has 0 saturated heterocycles. The molecule has 13 atom stereocenters. The first-order valence-electron chi connectivity index (χ1n) is 19.2. The van der Waals surface area contributed by atoms with Crippen LogP contribution in [0.1, 0.15) is 159 Å². The van der Waals surface area contributed by atoms with Gasteiger partial charge in [0.25, 0.3) is 0 Å². The average Bonchev–Trinajstić information content (AvgIpc) is 3.41. The molecule has 0 amide bonds. The van der Waals surface area contributed by atoms with E-state index in [9.17, 15) is 0 Å². The van der Waals surface area contributed by atoms with Crippen molar-refractivity contribution >= 4 is 0 Å². The van der Waals surface area contributed by atoms with E-state index in [1.165, 1.54) is 12.8 Å². The fourth-order valence-electron chi connectivity index (χ4n) is 14.6. The molecule has 41 heavy (non-hydrogen) atoms. The molecule has 234 valence electrons. The molecule has 0 nitrogen and oxygen atoms in total. The molecule has 7 rings (SSSR count). The molecule has 7 saturated carbocycles. The molecule has 0 aromatic carbocycles. The summed E-state index contributed by atoms with van der Waals surface area (Å²) < 4.78 is 0. The van der Waals surface area contributed by atoms with E-state index in [1.54, 1.807) is 83.5 Å². The third-order valence-corrected chi connectivity index (χ3v) is 16.7. The van der Waals surface area contributed by atoms with Crippen molar-refractivity contribution in [2.75, 3.05) is 0 Å². The van der Waals surface area contributed by atoms with Crippen LogP contribution in [0.4, 0.5) is 0 Å². The molecule has 0 radical (unpaired) electrons. The highest BCUT2D eigenvalue weighted by atomic mass is 14.7. The number of fused-ring (bicyclic) bond motifs is 11. The van der Waals surface area contributed by atoms with Gasteiger partial charge in [-0.2, -0.15) is 0 Å². The first kappa shape index (κ1) is 29.7. The van der Waals surface area contributed by atoms with Crippen LogP contribution in [0.15, 0.2) is 0 Å². The Morgan fingerprint density at radius 2 is 1.00 bits per heavy atom. The molecule has 0 bridgehead atoms. The Hall–Kier alpha value is 0. The quantitative estimate of drug-likeness (QED) is 0.275. The summed E-state index contributed by atoms with van der Waals surface area (Å²) in [7, 11) is 0. The van der Waals surface area contributed by atoms with Crippen molar-refractivity contribution in [3.63, 3.8) is 0 Å². The van der Waals surface area contributed by atoms with Crippen LogP contribution >= 0.6 is 0 Å². The lowest BCUT2D eigenvalue weighted by Gasteiger charge is -2.57. The van der Waals surface area contributed by atoms with Crippen LogP contribution in [0.3, 0.4) is 0 Å². The first-order valence-corrected chi connectivity index (χ1v) is 19.2. The van der Waals surface area contributed by atoms with Crippen LogP contribution in [0.5, 0.6) is 0 Å². The van der Waals surface area contributed by atoms with Crippen LogP contribution < -0.4 is 0 Å². The fourth-order valence-corrected chi connectivity index (χ4v) is 14.6. The van der Waals surface area contributed by atoms with E-state index in [0.29, 0.717) is 21.7 Å². The van der Waals surface area contributed by atoms with Gasteiger partial charge in [0.1, 0.15) is 0 Å². The Kier molecular flexibility index (Phi) is 7.24. The highest BCUT2D eigenvalue weighted by Gasteiger charge is 2.68. The number of hydrogen-bond acceptors (Lipinski definition) is 0. The SMILES string of the molecule is CC(C)(C)C1CCC2C3C4CC5C6CCCCC6CCC5C4CCC3C3(CC(C(C)(C)C)CC(C(C)(C)C)C3)C2C1. The van der Waals surface area contributed by atoms with Crippen molar-refractivity contribution in [1.29, 1.82) is 0 Å². The standard InChI is InChI=1S/C41H70/c1-38(2,3)26-15-17-32-36(21-26)41(23-27(39(4,5)6)20-28(24-41)40(7,8)9)35-19-18-31-30-16-14-25-12-10-11-13-29(25)33(30)22-34(31)37(32)35/h25-37H,10-24H2,1-9H3. The minimum absolute atomic E-state index is 0.443. The summed E-state index contributed by atoms with van der Waals surface area (Å²) in [6.45, 7) is 23.4. The topological polar surface area (TPSA) is 0 Å². The van der Waals surface area contributed by atoms with E-state index < -0.39 is 0 Å². The minimum atomic E-state index is 0.443. The highest BCUT2D eigenvalue weighted by molar-refractivity contribution is 5.17. The Morgan fingerprint density at radius 3 is 1.66 bits per heavy atom. The third kappa shape index (κ3) is 4.77. The Balaban J connectivity index is 1.27. The van der Waals surface area contributed by atoms with E-state index in [-0.39, 0.29) is 0 Å². The van der Waals surface area contributed by atoms with Crippen molar-refractivity contribution in [3.8, 4) is 0 Å². The zero-order valence-electron chi connectivity index (χ0n) is 29.1. The van der Waals surface area contributed by atoms with Gasteiger partial charge in [-0.25, -0.2) is 0 Å². The lowest BCUT2D eigenvalue weighted by atomic mass is 9.48. The summed E-state index contributed by atoms with van der Waals surface area (Å²) in [5.41, 5.74) is 2.00. The number of rotatable bonds is 0. The third-order valence-electron chi connectivity index (χ3n) is 16.7. The average molecular weight is 563 g/mol. The van der Waals surface area contributed by atoms with Crippen molar-refractivity contribution in [3.05, 3.63) is 0 Å². The van der Waals surface area contributed by atoms with Crippen LogP contribution in [0.25, 0.3) is 0 Å². The van der Waals surface area contributed by atoms with Gasteiger partial charge in [0.15, 0.2) is 0 Å². The van der Waals surface area contributed by atoms with Gasteiger partial charge in [0.2, 0.25) is 0 Å². The van der Waals surface area contributed by atoms with E-state index in [2.05, 4.69) is 62.3 Å². The summed E-state index contributed by atoms with van der Waals surface area (Å²) in [4.78, 5) is 0. The van der Waals surface area contributed by atoms with Crippen LogP contribution in [0, 0.1) is 98.6 Å². The second kappa shape index (κ2) is 10.0. The monoisotopic (exact) mass is 563 g/mol. The lowest BCUT2D eigenvalue weighted by Crippen LogP contribution is -2.49. The van der Waals surface area contributed by atoms with Gasteiger partial charge in [-0.15, -0.1) is 0 Å². The molecular weight excluding hydrogens is 492 g/mol. The summed E-state index contributed by atoms with van der Waals surface area (Å²) in [5.74, 6) is 13.7. The van der Waals surface area contributed by atoms with Gasteiger partial charge >= 0.3 is 0 Å². The molecule has 13 unspecified atom stereocenters. The summed E-state index contributed by atoms with van der Waals surface area (Å²) in [6.07, 6.45) is 23.7. The smallest absolute Gasteiger partial charge is 0.0230 e. The van der Waals surface area contributed by atoms with E-state index >= 15 is 0 Å². The van der Waals surface area contributed by atoms with Crippen LogP contribution in [-0.2, 0) is 0 Å². The van der Waals surface area contributed by atoms with E-state index in [1.807, 2.05) is 0 Å². The Morgan fingerprint density at radius 1 is 0.415 bits per heavy atom. The van der Waals surface area contributed by atoms with Crippen molar-refractivity contribution < 1.29 is 0 Å². The van der Waals surface area contributed by atoms with E-state index in [0.717, 1.165) is 76.9 Å². The molecular formula is C41H70. The fraction of sp³-hybridized carbons (Fsp3) is 1.00. The molecule has 0 aromatic rings. The maximum atomic E-state index is 2.61. The molecule has 0 N–H and O–H groups in total. The van der Waals surface area contributed by atoms with Gasteiger partial charge in [-0.3, -0.25) is 0 Å². The zero-order valence-corrected chi connectivity index (χ0v) is 29.1. The minimum Gasteiger partial charge on any atom is -0.0599 e. The van der Waals surface area contributed by atoms with Gasteiger partial charge in [0.05, 0.1) is 0 Å². The number of hydrogen-bond donors (Lipinski definition) is 0. The Bertz CT molecular complexity index is 928. The lowest BCUT2D eigenvalue weighted by molar-refractivity contribution is -0.0787. The predicted octanol–water partition coefficient (Wildman–Crippen LogP) is 12.1. The molecule has 0 aromatic heterocycles. The van der Waals surface area contributed by atoms with Crippen molar-refractivity contribution in [1.82, 2.24) is 0 Å². The second-order valence-electron chi connectivity index (χ2n) is 21.1. The van der Waals surface area contributed by atoms with Gasteiger partial charge in [0, 0.05) is 0 Å². The highest BCUT2D eigenvalue weighted by Crippen LogP contribution is 2.75. The molecule has 7 fully saturated rings. The van der Waals surface area contributed by atoms with Gasteiger partial charge < -0.3 is 0 Å². The molecule has 0 heterocycles. The van der Waals surface area contributed by atoms with Crippen molar-refractivity contribution in [2.24, 2.45) is 98.6 Å². The summed E-state index contributed by atoms with van der Waals surface area (Å²) in [5, 5.41) is 0. The molecule has 7 aliphatic rings. The first-order chi connectivity index (χ1) is 19.2. The maximum absolute atomic E-state index is 2.61. The van der Waals surface area contributed by atoms with Gasteiger partial charge in [-0.05, 0) is 176 Å². The molecule has 0 heteroatoms.